The first-order valence-electron chi connectivity index (χ1n) is 9.06. The van der Waals surface area contributed by atoms with Gasteiger partial charge in [-0.2, -0.15) is 0 Å². The minimum absolute atomic E-state index is 0.0151. The van der Waals surface area contributed by atoms with E-state index in [9.17, 15) is 4.79 Å². The first kappa shape index (κ1) is 16.7. The summed E-state index contributed by atoms with van der Waals surface area (Å²) in [7, 11) is 2.16. The van der Waals surface area contributed by atoms with Crippen LogP contribution in [0.2, 0.25) is 0 Å². The quantitative estimate of drug-likeness (QED) is 0.788. The van der Waals surface area contributed by atoms with Crippen LogP contribution in [0.1, 0.15) is 0 Å². The van der Waals surface area contributed by atoms with Crippen LogP contribution in [0, 0.1) is 0 Å². The van der Waals surface area contributed by atoms with Crippen LogP contribution in [-0.2, 0) is 11.3 Å². The molecule has 1 N–H and O–H groups in total. The first-order valence-corrected chi connectivity index (χ1v) is 9.06. The minimum Gasteiger partial charge on any atom is -0.369 e. The van der Waals surface area contributed by atoms with E-state index in [1.165, 1.54) is 5.69 Å². The Kier molecular flexibility index (Phi) is 4.63. The number of carbonyl (C=O) groups excluding carboxylic acids is 1. The second-order valence-corrected chi connectivity index (χ2v) is 6.89. The molecule has 4 rings (SSSR count). The highest BCUT2D eigenvalue weighted by molar-refractivity contribution is 5.92. The molecule has 134 valence electrons. The summed E-state index contributed by atoms with van der Waals surface area (Å²) in [6.45, 7) is 4.58. The van der Waals surface area contributed by atoms with Gasteiger partial charge < -0.3 is 19.7 Å². The average molecular weight is 348 g/mol. The number of carbonyl (C=O) groups is 1. The molecule has 1 fully saturated rings. The van der Waals surface area contributed by atoms with Crippen molar-refractivity contribution in [1.29, 1.82) is 0 Å². The summed E-state index contributed by atoms with van der Waals surface area (Å²) in [6, 6.07) is 18.3. The predicted molar refractivity (Wildman–Crippen MR) is 107 cm³/mol. The van der Waals surface area contributed by atoms with Crippen molar-refractivity contribution in [3.8, 4) is 0 Å². The molecule has 0 atom stereocenters. The maximum absolute atomic E-state index is 12.4. The molecule has 1 amide bonds. The van der Waals surface area contributed by atoms with Crippen LogP contribution in [-0.4, -0.2) is 48.6 Å². The Morgan fingerprint density at radius 3 is 2.46 bits per heavy atom. The third kappa shape index (κ3) is 3.58. The smallest absolute Gasteiger partial charge is 0.244 e. The molecule has 0 aliphatic carbocycles. The molecule has 5 heteroatoms. The number of benzene rings is 2. The van der Waals surface area contributed by atoms with Gasteiger partial charge in [0.2, 0.25) is 5.91 Å². The Labute approximate surface area is 153 Å². The molecular formula is C21H24N4O. The molecule has 0 radical (unpaired) electrons. The minimum atomic E-state index is -0.0151. The maximum Gasteiger partial charge on any atom is 0.244 e. The largest absolute Gasteiger partial charge is 0.369 e. The van der Waals surface area contributed by atoms with Crippen molar-refractivity contribution in [3.63, 3.8) is 0 Å². The fraction of sp³-hybridized carbons (Fsp3) is 0.286. The highest BCUT2D eigenvalue weighted by Gasteiger charge is 2.14. The number of likely N-dealkylation sites (N-methyl/N-ethyl adjacent to an activating group) is 1. The van der Waals surface area contributed by atoms with Gasteiger partial charge >= 0.3 is 0 Å². The first-order chi connectivity index (χ1) is 12.7. The lowest BCUT2D eigenvalue weighted by Gasteiger charge is -2.34. The fourth-order valence-corrected chi connectivity index (χ4v) is 3.45. The van der Waals surface area contributed by atoms with Gasteiger partial charge in [-0.05, 0) is 48.8 Å². The lowest BCUT2D eigenvalue weighted by molar-refractivity contribution is -0.116. The molecule has 2 heterocycles. The highest BCUT2D eigenvalue weighted by Crippen LogP contribution is 2.20. The molecule has 0 saturated carbocycles. The van der Waals surface area contributed by atoms with E-state index in [1.807, 2.05) is 47.2 Å². The van der Waals surface area contributed by atoms with E-state index in [-0.39, 0.29) is 5.91 Å². The number of aromatic nitrogens is 1. The van der Waals surface area contributed by atoms with E-state index >= 15 is 0 Å². The number of nitrogens with one attached hydrogen (secondary N) is 1. The van der Waals surface area contributed by atoms with Gasteiger partial charge in [0.25, 0.3) is 0 Å². The van der Waals surface area contributed by atoms with Crippen LogP contribution < -0.4 is 10.2 Å². The van der Waals surface area contributed by atoms with Crippen molar-refractivity contribution in [2.45, 2.75) is 6.54 Å². The Morgan fingerprint density at radius 1 is 0.962 bits per heavy atom. The summed E-state index contributed by atoms with van der Waals surface area (Å²) >= 11 is 0. The van der Waals surface area contributed by atoms with Crippen molar-refractivity contribution in [2.75, 3.05) is 43.4 Å². The number of anilines is 2. The second-order valence-electron chi connectivity index (χ2n) is 6.89. The van der Waals surface area contributed by atoms with E-state index in [0.717, 1.165) is 42.8 Å². The number of nitrogens with zero attached hydrogens (tertiary/aromatic N) is 3. The molecule has 0 bridgehead atoms. The van der Waals surface area contributed by atoms with E-state index in [0.29, 0.717) is 6.54 Å². The molecule has 5 nitrogen and oxygen atoms in total. The molecule has 1 aliphatic rings. The van der Waals surface area contributed by atoms with Crippen molar-refractivity contribution in [2.24, 2.45) is 0 Å². The van der Waals surface area contributed by atoms with Crippen molar-refractivity contribution in [1.82, 2.24) is 9.47 Å². The van der Waals surface area contributed by atoms with Crippen LogP contribution in [0.3, 0.4) is 0 Å². The molecule has 26 heavy (non-hydrogen) atoms. The third-order valence-electron chi connectivity index (χ3n) is 5.01. The zero-order valence-corrected chi connectivity index (χ0v) is 15.1. The molecule has 1 saturated heterocycles. The van der Waals surface area contributed by atoms with E-state index in [4.69, 9.17) is 0 Å². The molecule has 0 spiro atoms. The average Bonchev–Trinajstić information content (AvgIpc) is 3.06. The third-order valence-corrected chi connectivity index (χ3v) is 5.01. The van der Waals surface area contributed by atoms with Crippen molar-refractivity contribution < 1.29 is 4.79 Å². The number of rotatable bonds is 4. The van der Waals surface area contributed by atoms with Crippen LogP contribution >= 0.6 is 0 Å². The van der Waals surface area contributed by atoms with Crippen LogP contribution in [0.15, 0.2) is 60.8 Å². The Bertz CT molecular complexity index is 892. The van der Waals surface area contributed by atoms with Gasteiger partial charge in [-0.25, -0.2) is 0 Å². The summed E-state index contributed by atoms with van der Waals surface area (Å²) < 4.78 is 1.98. The molecule has 3 aromatic rings. The number of amides is 1. The fourth-order valence-electron chi connectivity index (χ4n) is 3.45. The monoisotopic (exact) mass is 348 g/mol. The van der Waals surface area contributed by atoms with Crippen molar-refractivity contribution >= 4 is 28.2 Å². The van der Waals surface area contributed by atoms with Crippen LogP contribution in [0.4, 0.5) is 11.4 Å². The van der Waals surface area contributed by atoms with Crippen molar-refractivity contribution in [3.05, 3.63) is 60.8 Å². The molecule has 1 aromatic heterocycles. The van der Waals surface area contributed by atoms with Gasteiger partial charge in [0.05, 0.1) is 0 Å². The van der Waals surface area contributed by atoms with Crippen LogP contribution in [0.25, 0.3) is 10.9 Å². The Morgan fingerprint density at radius 2 is 1.69 bits per heavy atom. The van der Waals surface area contributed by atoms with Gasteiger partial charge in [-0.1, -0.05) is 18.2 Å². The van der Waals surface area contributed by atoms with Gasteiger partial charge in [0.15, 0.2) is 0 Å². The van der Waals surface area contributed by atoms with Crippen LogP contribution in [0.5, 0.6) is 0 Å². The SMILES string of the molecule is CN1CCN(c2ccc(NC(=O)Cn3ccc4ccccc43)cc2)CC1. The van der Waals surface area contributed by atoms with E-state index in [2.05, 4.69) is 40.4 Å². The number of para-hydroxylation sites is 1. The molecule has 2 aromatic carbocycles. The number of hydrogen-bond donors (Lipinski definition) is 1. The maximum atomic E-state index is 12.4. The second kappa shape index (κ2) is 7.22. The topological polar surface area (TPSA) is 40.5 Å². The van der Waals surface area contributed by atoms with Gasteiger partial charge in [-0.15, -0.1) is 0 Å². The summed E-state index contributed by atoms with van der Waals surface area (Å²) in [4.78, 5) is 17.1. The molecule has 0 unspecified atom stereocenters. The highest BCUT2D eigenvalue weighted by atomic mass is 16.1. The molecular weight excluding hydrogens is 324 g/mol. The lowest BCUT2D eigenvalue weighted by atomic mass is 10.2. The van der Waals surface area contributed by atoms with Gasteiger partial charge in [0.1, 0.15) is 6.54 Å². The summed E-state index contributed by atoms with van der Waals surface area (Å²) in [5.74, 6) is -0.0151. The zero-order valence-electron chi connectivity index (χ0n) is 15.1. The lowest BCUT2D eigenvalue weighted by Crippen LogP contribution is -2.44. The van der Waals surface area contributed by atoms with E-state index < -0.39 is 0 Å². The zero-order chi connectivity index (χ0) is 17.9. The van der Waals surface area contributed by atoms with E-state index in [1.54, 1.807) is 0 Å². The van der Waals surface area contributed by atoms with Gasteiger partial charge in [-0.3, -0.25) is 4.79 Å². The number of hydrogen-bond acceptors (Lipinski definition) is 3. The predicted octanol–water partition coefficient (Wildman–Crippen LogP) is 3.03. The standard InChI is InChI=1S/C21H24N4O/c1-23-12-14-24(15-13-23)19-8-6-18(7-9-19)22-21(26)16-25-11-10-17-4-2-3-5-20(17)25/h2-11H,12-16H2,1H3,(H,22,26). The number of fused-ring (bicyclic) bond motifs is 1. The van der Waals surface area contributed by atoms with Gasteiger partial charge in [0, 0.05) is 49.3 Å². The number of piperazine rings is 1. The Balaban J connectivity index is 1.38. The summed E-state index contributed by atoms with van der Waals surface area (Å²) in [5.41, 5.74) is 3.13. The summed E-state index contributed by atoms with van der Waals surface area (Å²) in [5, 5.41) is 4.15. The summed E-state index contributed by atoms with van der Waals surface area (Å²) in [6.07, 6.45) is 1.96. The molecule has 1 aliphatic heterocycles. The normalized spacial score (nSPS) is 15.3. The Hall–Kier alpha value is -2.79.